The van der Waals surface area contributed by atoms with Crippen LogP contribution in [0.25, 0.3) is 0 Å². The highest BCUT2D eigenvalue weighted by Gasteiger charge is 2.06. The Labute approximate surface area is 138 Å². The van der Waals surface area contributed by atoms with Gasteiger partial charge in [0.05, 0.1) is 15.7 Å². The zero-order chi connectivity index (χ0) is 15.4. The third kappa shape index (κ3) is 3.47. The van der Waals surface area contributed by atoms with Crippen LogP contribution in [0.2, 0.25) is 10.0 Å². The Kier molecular flexibility index (Phi) is 4.42. The molecule has 0 saturated heterocycles. The van der Waals surface area contributed by atoms with Crippen LogP contribution in [0.15, 0.2) is 60.9 Å². The number of aromatic nitrogens is 2. The fourth-order valence-electron chi connectivity index (χ4n) is 1.90. The van der Waals surface area contributed by atoms with Crippen molar-refractivity contribution >= 4 is 46.2 Å². The van der Waals surface area contributed by atoms with Gasteiger partial charge in [0, 0.05) is 11.8 Å². The Morgan fingerprint density at radius 1 is 0.773 bits per heavy atom. The van der Waals surface area contributed by atoms with Crippen LogP contribution in [0, 0.1) is 0 Å². The lowest BCUT2D eigenvalue weighted by atomic mass is 10.3. The molecule has 3 rings (SSSR count). The maximum absolute atomic E-state index is 6.16. The fraction of sp³-hybridized carbons (Fsp3) is 0. The lowest BCUT2D eigenvalue weighted by Gasteiger charge is -2.10. The highest BCUT2D eigenvalue weighted by molar-refractivity contribution is 6.43. The van der Waals surface area contributed by atoms with Crippen LogP contribution in [0.5, 0.6) is 0 Å². The van der Waals surface area contributed by atoms with Crippen LogP contribution >= 0.6 is 23.2 Å². The van der Waals surface area contributed by atoms with Gasteiger partial charge >= 0.3 is 0 Å². The molecule has 1 heterocycles. The van der Waals surface area contributed by atoms with Crippen molar-refractivity contribution in [3.8, 4) is 0 Å². The van der Waals surface area contributed by atoms with E-state index >= 15 is 0 Å². The van der Waals surface area contributed by atoms with Gasteiger partial charge < -0.3 is 10.6 Å². The van der Waals surface area contributed by atoms with Crippen molar-refractivity contribution in [1.82, 2.24) is 9.97 Å². The normalized spacial score (nSPS) is 10.3. The van der Waals surface area contributed by atoms with E-state index in [0.29, 0.717) is 27.4 Å². The SMILES string of the molecule is Clc1cccc(Nc2cc(Nc3ccccc3)ncn2)c1Cl. The van der Waals surface area contributed by atoms with Crippen LogP contribution in [-0.2, 0) is 0 Å². The first-order chi connectivity index (χ1) is 10.7. The molecule has 0 aliphatic heterocycles. The molecule has 3 aromatic rings. The molecule has 0 fully saturated rings. The van der Waals surface area contributed by atoms with Crippen molar-refractivity contribution in [2.24, 2.45) is 0 Å². The Balaban J connectivity index is 1.81. The van der Waals surface area contributed by atoms with Crippen molar-refractivity contribution in [2.75, 3.05) is 10.6 Å². The number of hydrogen-bond donors (Lipinski definition) is 2. The first-order valence-corrected chi connectivity index (χ1v) is 7.33. The second kappa shape index (κ2) is 6.64. The van der Waals surface area contributed by atoms with Gasteiger partial charge in [-0.2, -0.15) is 0 Å². The maximum atomic E-state index is 6.16. The first-order valence-electron chi connectivity index (χ1n) is 6.57. The van der Waals surface area contributed by atoms with Gasteiger partial charge in [-0.25, -0.2) is 9.97 Å². The van der Waals surface area contributed by atoms with E-state index in [2.05, 4.69) is 20.6 Å². The summed E-state index contributed by atoms with van der Waals surface area (Å²) in [6.07, 6.45) is 1.48. The Hall–Kier alpha value is -2.30. The van der Waals surface area contributed by atoms with E-state index in [-0.39, 0.29) is 0 Å². The topological polar surface area (TPSA) is 49.8 Å². The summed E-state index contributed by atoms with van der Waals surface area (Å²) in [6.45, 7) is 0. The second-order valence-corrected chi connectivity index (χ2v) is 5.29. The van der Waals surface area contributed by atoms with Crippen LogP contribution in [-0.4, -0.2) is 9.97 Å². The van der Waals surface area contributed by atoms with Crippen molar-refractivity contribution in [3.05, 3.63) is 71.0 Å². The molecule has 4 nitrogen and oxygen atoms in total. The van der Waals surface area contributed by atoms with Gasteiger partial charge in [-0.3, -0.25) is 0 Å². The summed E-state index contributed by atoms with van der Waals surface area (Å²) >= 11 is 12.2. The molecule has 0 bridgehead atoms. The molecule has 0 aliphatic carbocycles. The predicted molar refractivity (Wildman–Crippen MR) is 91.5 cm³/mol. The fourth-order valence-corrected chi connectivity index (χ4v) is 2.25. The number of anilines is 4. The molecule has 2 aromatic carbocycles. The molecule has 0 unspecified atom stereocenters. The number of para-hydroxylation sites is 1. The highest BCUT2D eigenvalue weighted by Crippen LogP contribution is 2.31. The molecule has 0 amide bonds. The summed E-state index contributed by atoms with van der Waals surface area (Å²) in [4.78, 5) is 8.38. The minimum absolute atomic E-state index is 0.459. The molecule has 22 heavy (non-hydrogen) atoms. The van der Waals surface area contributed by atoms with E-state index in [1.54, 1.807) is 12.1 Å². The smallest absolute Gasteiger partial charge is 0.135 e. The summed E-state index contributed by atoms with van der Waals surface area (Å²) in [5, 5.41) is 7.29. The summed E-state index contributed by atoms with van der Waals surface area (Å²) in [6, 6.07) is 17.0. The van der Waals surface area contributed by atoms with E-state index in [1.807, 2.05) is 42.5 Å². The van der Waals surface area contributed by atoms with Crippen molar-refractivity contribution < 1.29 is 0 Å². The predicted octanol–water partition coefficient (Wildman–Crippen LogP) is 5.27. The first kappa shape index (κ1) is 14.6. The largest absolute Gasteiger partial charge is 0.340 e. The van der Waals surface area contributed by atoms with Gasteiger partial charge in [-0.1, -0.05) is 47.5 Å². The van der Waals surface area contributed by atoms with E-state index in [1.165, 1.54) is 6.33 Å². The second-order valence-electron chi connectivity index (χ2n) is 4.51. The average Bonchev–Trinajstić information content (AvgIpc) is 2.53. The van der Waals surface area contributed by atoms with E-state index < -0.39 is 0 Å². The van der Waals surface area contributed by atoms with Crippen molar-refractivity contribution in [3.63, 3.8) is 0 Å². The molecule has 0 spiro atoms. The molecular weight excluding hydrogens is 319 g/mol. The highest BCUT2D eigenvalue weighted by atomic mass is 35.5. The van der Waals surface area contributed by atoms with E-state index in [0.717, 1.165) is 5.69 Å². The van der Waals surface area contributed by atoms with Crippen LogP contribution in [0.4, 0.5) is 23.0 Å². The quantitative estimate of drug-likeness (QED) is 0.684. The Morgan fingerprint density at radius 3 is 2.27 bits per heavy atom. The lowest BCUT2D eigenvalue weighted by Crippen LogP contribution is -1.98. The summed E-state index contributed by atoms with van der Waals surface area (Å²) in [7, 11) is 0. The monoisotopic (exact) mass is 330 g/mol. The van der Waals surface area contributed by atoms with Gasteiger partial charge in [-0.05, 0) is 24.3 Å². The van der Waals surface area contributed by atoms with Gasteiger partial charge in [0.25, 0.3) is 0 Å². The van der Waals surface area contributed by atoms with Crippen molar-refractivity contribution in [1.29, 1.82) is 0 Å². The van der Waals surface area contributed by atoms with E-state index in [4.69, 9.17) is 23.2 Å². The summed E-state index contributed by atoms with van der Waals surface area (Å²) in [5.74, 6) is 1.31. The van der Waals surface area contributed by atoms with Gasteiger partial charge in [0.1, 0.15) is 18.0 Å². The number of benzene rings is 2. The third-order valence-corrected chi connectivity index (χ3v) is 3.75. The zero-order valence-electron chi connectivity index (χ0n) is 11.4. The summed E-state index contributed by atoms with van der Waals surface area (Å²) < 4.78 is 0. The van der Waals surface area contributed by atoms with Crippen molar-refractivity contribution in [2.45, 2.75) is 0 Å². The number of hydrogen-bond acceptors (Lipinski definition) is 4. The minimum Gasteiger partial charge on any atom is -0.340 e. The maximum Gasteiger partial charge on any atom is 0.135 e. The van der Waals surface area contributed by atoms with Crippen LogP contribution in [0.1, 0.15) is 0 Å². The number of rotatable bonds is 4. The molecular formula is C16H12Cl2N4. The van der Waals surface area contributed by atoms with E-state index in [9.17, 15) is 0 Å². The molecule has 0 aliphatic rings. The standard InChI is InChI=1S/C16H12Cl2N4/c17-12-7-4-8-13(16(12)18)22-15-9-14(19-10-20-15)21-11-5-2-1-3-6-11/h1-10H,(H2,19,20,21,22). The minimum atomic E-state index is 0.459. The van der Waals surface area contributed by atoms with Gasteiger partial charge in [0.2, 0.25) is 0 Å². The molecule has 1 aromatic heterocycles. The number of nitrogens with one attached hydrogen (secondary N) is 2. The van der Waals surface area contributed by atoms with Gasteiger partial charge in [0.15, 0.2) is 0 Å². The molecule has 110 valence electrons. The van der Waals surface area contributed by atoms with Gasteiger partial charge in [-0.15, -0.1) is 0 Å². The van der Waals surface area contributed by atoms with Crippen LogP contribution in [0.3, 0.4) is 0 Å². The van der Waals surface area contributed by atoms with Crippen LogP contribution < -0.4 is 10.6 Å². The lowest BCUT2D eigenvalue weighted by molar-refractivity contribution is 1.17. The zero-order valence-corrected chi connectivity index (χ0v) is 12.9. The molecule has 0 atom stereocenters. The Bertz CT molecular complexity index is 778. The molecule has 0 radical (unpaired) electrons. The summed E-state index contributed by atoms with van der Waals surface area (Å²) in [5.41, 5.74) is 1.64. The Morgan fingerprint density at radius 2 is 1.50 bits per heavy atom. The molecule has 2 N–H and O–H groups in total. The number of halogens is 2. The number of nitrogens with zero attached hydrogens (tertiary/aromatic N) is 2. The molecule has 6 heteroatoms. The average molecular weight is 331 g/mol. The third-order valence-electron chi connectivity index (χ3n) is 2.93. The molecule has 0 saturated carbocycles.